The molecule has 10 nitrogen and oxygen atoms in total. The zero-order chi connectivity index (χ0) is 38.1. The Labute approximate surface area is 328 Å². The Morgan fingerprint density at radius 1 is 0.873 bits per heavy atom. The monoisotopic (exact) mass is 760 g/mol. The molecule has 2 aromatic heterocycles. The van der Waals surface area contributed by atoms with Crippen molar-refractivity contribution >= 4 is 11.6 Å². The van der Waals surface area contributed by atoms with Crippen molar-refractivity contribution in [1.29, 1.82) is 5.26 Å². The van der Waals surface area contributed by atoms with Crippen molar-refractivity contribution in [2.24, 2.45) is 0 Å². The molecule has 286 valence electrons. The fourth-order valence-electron chi connectivity index (χ4n) is 7.75. The molecule has 2 aliphatic rings. The van der Waals surface area contributed by atoms with E-state index >= 15 is 0 Å². The van der Waals surface area contributed by atoms with Crippen LogP contribution in [0.4, 0.5) is 0 Å². The van der Waals surface area contributed by atoms with E-state index in [4.69, 9.17) is 25.8 Å². The minimum atomic E-state index is -0.200. The number of ether oxygens (including phenoxy) is 3. The van der Waals surface area contributed by atoms with Crippen LogP contribution in [0.15, 0.2) is 79.3 Å². The summed E-state index contributed by atoms with van der Waals surface area (Å²) in [7, 11) is 0. The third kappa shape index (κ3) is 9.67. The molecule has 11 heteroatoms. The molecule has 2 aliphatic heterocycles. The lowest BCUT2D eigenvalue weighted by Crippen LogP contribution is -2.34. The van der Waals surface area contributed by atoms with Crippen LogP contribution in [-0.2, 0) is 19.8 Å². The third-order valence-corrected chi connectivity index (χ3v) is 11.1. The Morgan fingerprint density at radius 2 is 1.71 bits per heavy atom. The zero-order valence-electron chi connectivity index (χ0n) is 31.6. The molecule has 7 rings (SSSR count). The highest BCUT2D eigenvalue weighted by atomic mass is 35.5. The minimum absolute atomic E-state index is 0.200. The summed E-state index contributed by atoms with van der Waals surface area (Å²) < 4.78 is 19.2. The van der Waals surface area contributed by atoms with Gasteiger partial charge in [-0.1, -0.05) is 41.9 Å². The smallest absolute Gasteiger partial charge is 0.142 e. The molecule has 0 aliphatic carbocycles. The van der Waals surface area contributed by atoms with Gasteiger partial charge in [-0.15, -0.1) is 0 Å². The first-order valence-corrected chi connectivity index (χ1v) is 19.6. The van der Waals surface area contributed by atoms with Crippen LogP contribution < -0.4 is 14.2 Å². The first-order valence-electron chi connectivity index (χ1n) is 19.2. The van der Waals surface area contributed by atoms with Crippen LogP contribution in [0.25, 0.3) is 11.1 Å². The fourth-order valence-corrected chi connectivity index (χ4v) is 7.99. The van der Waals surface area contributed by atoms with Crippen molar-refractivity contribution in [2.45, 2.75) is 71.3 Å². The van der Waals surface area contributed by atoms with E-state index in [1.807, 2.05) is 30.5 Å². The number of halogens is 1. The van der Waals surface area contributed by atoms with Gasteiger partial charge >= 0.3 is 0 Å². The molecule has 2 N–H and O–H groups in total. The largest absolute Gasteiger partial charge is 0.493 e. The summed E-state index contributed by atoms with van der Waals surface area (Å²) in [6, 6.07) is 22.4. The molecular formula is C44H49ClN6O4. The summed E-state index contributed by atoms with van der Waals surface area (Å²) >= 11 is 6.97. The van der Waals surface area contributed by atoms with Crippen molar-refractivity contribution in [3.8, 4) is 34.4 Å². The van der Waals surface area contributed by atoms with Crippen molar-refractivity contribution in [2.75, 3.05) is 39.3 Å². The molecule has 5 aromatic rings. The molecule has 0 bridgehead atoms. The molecular weight excluding hydrogens is 712 g/mol. The fraction of sp³-hybridized carbons (Fsp3) is 0.386. The summed E-state index contributed by atoms with van der Waals surface area (Å²) in [6.07, 6.45) is 8.89. The van der Waals surface area contributed by atoms with E-state index in [0.717, 1.165) is 109 Å². The first kappa shape index (κ1) is 38.4. The van der Waals surface area contributed by atoms with Gasteiger partial charge in [0.25, 0.3) is 0 Å². The van der Waals surface area contributed by atoms with Gasteiger partial charge in [-0.05, 0) is 98.2 Å². The zero-order valence-corrected chi connectivity index (χ0v) is 32.4. The highest BCUT2D eigenvalue weighted by Gasteiger charge is 2.25. The van der Waals surface area contributed by atoms with Crippen LogP contribution >= 0.6 is 11.6 Å². The summed E-state index contributed by atoms with van der Waals surface area (Å²) in [6.45, 7) is 10.6. The maximum Gasteiger partial charge on any atom is 0.142 e. The first-order chi connectivity index (χ1) is 26.8. The van der Waals surface area contributed by atoms with Crippen LogP contribution in [0, 0.1) is 25.2 Å². The Balaban J connectivity index is 1.06. The van der Waals surface area contributed by atoms with Gasteiger partial charge in [0.15, 0.2) is 0 Å². The number of β-amino-alcohol motifs (C(OH)–C–C–N with tert-alkyl or cyclic N) is 1. The molecule has 55 heavy (non-hydrogen) atoms. The SMILES string of the molecule is Cc1c(COc2cc(OCc3cncc(C#N)c3)c(CN3CCCC(c4cc[nH]n4)C3)cc2Cl)cccc1-c1cccc(OCCCN2CC[C@@H](O)C2)c1C. The highest BCUT2D eigenvalue weighted by Crippen LogP contribution is 2.37. The average molecular weight is 761 g/mol. The normalized spacial score (nSPS) is 17.6. The number of aliphatic hydroxyl groups excluding tert-OH is 1. The molecule has 2 fully saturated rings. The molecule has 2 atom stereocenters. The Bertz CT molecular complexity index is 2100. The second kappa shape index (κ2) is 18.1. The van der Waals surface area contributed by atoms with E-state index in [2.05, 4.69) is 75.2 Å². The quantitative estimate of drug-likeness (QED) is 0.102. The number of aromatic amines is 1. The number of nitrogens with zero attached hydrogens (tertiary/aromatic N) is 5. The van der Waals surface area contributed by atoms with Crippen molar-refractivity contribution in [3.05, 3.63) is 123 Å². The van der Waals surface area contributed by atoms with Gasteiger partial charge in [-0.2, -0.15) is 10.4 Å². The summed E-state index contributed by atoms with van der Waals surface area (Å²) in [4.78, 5) is 8.94. The van der Waals surface area contributed by atoms with Gasteiger partial charge in [0.2, 0.25) is 0 Å². The van der Waals surface area contributed by atoms with Crippen molar-refractivity contribution in [3.63, 3.8) is 0 Å². The molecule has 1 unspecified atom stereocenters. The number of benzene rings is 3. The Kier molecular flexibility index (Phi) is 12.7. The molecule has 0 radical (unpaired) electrons. The average Bonchev–Trinajstić information content (AvgIpc) is 3.90. The van der Waals surface area contributed by atoms with E-state index in [-0.39, 0.29) is 12.7 Å². The number of rotatable bonds is 15. The maximum absolute atomic E-state index is 9.82. The van der Waals surface area contributed by atoms with Crippen molar-refractivity contribution < 1.29 is 19.3 Å². The Hall–Kier alpha value is -4.92. The van der Waals surface area contributed by atoms with Gasteiger partial charge in [0, 0.05) is 74.4 Å². The lowest BCUT2D eigenvalue weighted by atomic mass is 9.93. The second-order valence-corrected chi connectivity index (χ2v) is 15.1. The molecule has 4 heterocycles. The molecule has 0 saturated carbocycles. The van der Waals surface area contributed by atoms with Gasteiger partial charge in [0.05, 0.1) is 29.0 Å². The number of nitriles is 1. The molecule has 0 amide bonds. The number of hydrogen-bond acceptors (Lipinski definition) is 9. The van der Waals surface area contributed by atoms with E-state index < -0.39 is 0 Å². The minimum Gasteiger partial charge on any atom is -0.493 e. The van der Waals surface area contributed by atoms with Crippen LogP contribution in [0.5, 0.6) is 17.2 Å². The number of nitrogens with one attached hydrogen (secondary N) is 1. The van der Waals surface area contributed by atoms with Crippen LogP contribution in [0.3, 0.4) is 0 Å². The van der Waals surface area contributed by atoms with Gasteiger partial charge in [-0.3, -0.25) is 15.0 Å². The van der Waals surface area contributed by atoms with Crippen LogP contribution in [0.2, 0.25) is 5.02 Å². The maximum atomic E-state index is 9.82. The number of H-pyrrole nitrogens is 1. The predicted molar refractivity (Wildman–Crippen MR) is 213 cm³/mol. The van der Waals surface area contributed by atoms with E-state index in [9.17, 15) is 10.4 Å². The number of likely N-dealkylation sites (tertiary alicyclic amines) is 2. The molecule has 2 saturated heterocycles. The summed E-state index contributed by atoms with van der Waals surface area (Å²) in [5, 5.41) is 27.2. The number of aromatic nitrogens is 3. The van der Waals surface area contributed by atoms with Gasteiger partial charge < -0.3 is 24.2 Å². The molecule has 0 spiro atoms. The third-order valence-electron chi connectivity index (χ3n) is 10.8. The lowest BCUT2D eigenvalue weighted by Gasteiger charge is -2.32. The summed E-state index contributed by atoms with van der Waals surface area (Å²) in [5.41, 5.74) is 8.88. The number of pyridine rings is 1. The van der Waals surface area contributed by atoms with Crippen LogP contribution in [-0.4, -0.2) is 75.5 Å². The van der Waals surface area contributed by atoms with E-state index in [1.54, 1.807) is 18.5 Å². The number of aliphatic hydroxyl groups is 1. The lowest BCUT2D eigenvalue weighted by molar-refractivity contribution is 0.173. The highest BCUT2D eigenvalue weighted by molar-refractivity contribution is 6.32. The molecule has 3 aromatic carbocycles. The standard InChI is InChI=1S/C44H49ClN6O4/c1-30-35(7-3-9-38(30)39-10-4-11-42(31(39)2)53-18-6-16-50-17-13-37(52)27-50)29-55-44-21-43(54-28-33-19-32(22-46)23-47-24-33)36(20-40(44)45)26-51-15-5-8-34(25-51)41-12-14-48-49-41/h3-4,7,9-12,14,19-21,23-24,34,37,52H,5-6,8,13,15-18,25-29H2,1-2H3,(H,48,49)/t34?,37-/m1/s1. The van der Waals surface area contributed by atoms with Crippen molar-refractivity contribution in [1.82, 2.24) is 25.0 Å². The number of piperidine rings is 1. The van der Waals surface area contributed by atoms with Gasteiger partial charge in [0.1, 0.15) is 36.5 Å². The van der Waals surface area contributed by atoms with E-state index in [1.165, 1.54) is 0 Å². The second-order valence-electron chi connectivity index (χ2n) is 14.7. The predicted octanol–water partition coefficient (Wildman–Crippen LogP) is 7.99. The van der Waals surface area contributed by atoms with Crippen LogP contribution in [0.1, 0.15) is 70.7 Å². The van der Waals surface area contributed by atoms with E-state index in [0.29, 0.717) is 47.8 Å². The Morgan fingerprint density at radius 3 is 2.51 bits per heavy atom. The topological polar surface area (TPSA) is 120 Å². The number of hydrogen-bond donors (Lipinski definition) is 2. The van der Waals surface area contributed by atoms with Gasteiger partial charge in [-0.25, -0.2) is 0 Å². The summed E-state index contributed by atoms with van der Waals surface area (Å²) in [5.74, 6) is 2.47.